The average molecular weight is 355 g/mol. The van der Waals surface area contributed by atoms with Crippen molar-refractivity contribution in [1.82, 2.24) is 25.9 Å². The molecule has 0 bridgehead atoms. The zero-order valence-corrected chi connectivity index (χ0v) is 15.5. The summed E-state index contributed by atoms with van der Waals surface area (Å²) in [6, 6.07) is 11.6. The minimum absolute atomic E-state index is 0.505. The minimum atomic E-state index is 0.505. The molecule has 4 rings (SSSR count). The van der Waals surface area contributed by atoms with Crippen molar-refractivity contribution >= 4 is 0 Å². The molecule has 2 fully saturated rings. The van der Waals surface area contributed by atoms with Gasteiger partial charge in [-0.15, -0.1) is 0 Å². The van der Waals surface area contributed by atoms with E-state index in [0.29, 0.717) is 24.5 Å². The number of hydrogen-bond acceptors (Lipinski definition) is 6. The Morgan fingerprint density at radius 2 is 1.96 bits per heavy atom. The third-order valence-corrected chi connectivity index (χ3v) is 5.69. The minimum Gasteiger partial charge on any atom is -0.338 e. The van der Waals surface area contributed by atoms with Crippen LogP contribution in [0.3, 0.4) is 0 Å². The van der Waals surface area contributed by atoms with Crippen LogP contribution >= 0.6 is 0 Å². The monoisotopic (exact) mass is 355 g/mol. The Balaban J connectivity index is 1.25. The van der Waals surface area contributed by atoms with E-state index in [1.807, 2.05) is 6.07 Å². The number of benzene rings is 1. The summed E-state index contributed by atoms with van der Waals surface area (Å²) in [7, 11) is 2.13. The van der Waals surface area contributed by atoms with Gasteiger partial charge in [-0.2, -0.15) is 4.98 Å². The third kappa shape index (κ3) is 4.31. The molecule has 6 heteroatoms. The Morgan fingerprint density at radius 3 is 2.85 bits per heavy atom. The van der Waals surface area contributed by atoms with Gasteiger partial charge in [0.2, 0.25) is 5.89 Å². The van der Waals surface area contributed by atoms with Gasteiger partial charge in [-0.05, 0) is 37.8 Å². The first kappa shape index (κ1) is 17.6. The van der Waals surface area contributed by atoms with E-state index in [2.05, 4.69) is 57.2 Å². The molecule has 0 radical (unpaired) electrons. The Kier molecular flexibility index (Phi) is 5.62. The molecule has 2 aliphatic rings. The maximum absolute atomic E-state index is 5.46. The van der Waals surface area contributed by atoms with Gasteiger partial charge in [0.25, 0.3) is 0 Å². The number of aryl methyl sites for hydroxylation is 2. The highest BCUT2D eigenvalue weighted by molar-refractivity contribution is 5.15. The molecule has 3 unspecified atom stereocenters. The third-order valence-electron chi connectivity index (χ3n) is 5.69. The highest BCUT2D eigenvalue weighted by Gasteiger charge is 2.37. The lowest BCUT2D eigenvalue weighted by molar-refractivity contribution is 0.216. The Morgan fingerprint density at radius 1 is 1.12 bits per heavy atom. The highest BCUT2D eigenvalue weighted by Crippen LogP contribution is 2.30. The van der Waals surface area contributed by atoms with Gasteiger partial charge in [-0.3, -0.25) is 15.8 Å². The summed E-state index contributed by atoms with van der Waals surface area (Å²) in [5, 5.41) is 4.14. The number of hydrogen-bond donors (Lipinski definition) is 2. The molecular formula is C20H29N5O. The quantitative estimate of drug-likeness (QED) is 0.795. The second kappa shape index (κ2) is 8.29. The van der Waals surface area contributed by atoms with E-state index in [0.717, 1.165) is 31.1 Å². The number of fused-ring (bicyclic) bond motifs is 1. The van der Waals surface area contributed by atoms with E-state index in [9.17, 15) is 0 Å². The summed E-state index contributed by atoms with van der Waals surface area (Å²) < 4.78 is 5.46. The van der Waals surface area contributed by atoms with Crippen molar-refractivity contribution in [2.24, 2.45) is 5.92 Å². The first-order chi connectivity index (χ1) is 12.8. The lowest BCUT2D eigenvalue weighted by atomic mass is 9.81. The second-order valence-electron chi connectivity index (χ2n) is 7.74. The molecule has 1 aliphatic carbocycles. The molecule has 6 nitrogen and oxygen atoms in total. The van der Waals surface area contributed by atoms with Crippen LogP contribution in [-0.2, 0) is 19.4 Å². The number of aromatic nitrogens is 2. The fourth-order valence-corrected chi connectivity index (χ4v) is 4.31. The molecule has 2 heterocycles. The standard InChI is InChI=1S/C20H29N5O/c1-25(13-18-16-9-5-6-10-17(16)22-23-18)14-20-21-19(24-26-20)12-11-15-7-3-2-4-8-15/h2-4,7-8,16-18,22-23H,5-6,9-14H2,1H3. The van der Waals surface area contributed by atoms with Gasteiger partial charge in [0, 0.05) is 25.0 Å². The Hall–Kier alpha value is -1.76. The van der Waals surface area contributed by atoms with Gasteiger partial charge in [0.05, 0.1) is 6.54 Å². The van der Waals surface area contributed by atoms with Gasteiger partial charge >= 0.3 is 0 Å². The number of likely N-dealkylation sites (N-methyl/N-ethyl adjacent to an activating group) is 1. The zero-order valence-electron chi connectivity index (χ0n) is 15.5. The molecule has 1 aromatic carbocycles. The predicted molar refractivity (Wildman–Crippen MR) is 100 cm³/mol. The number of nitrogens with zero attached hydrogens (tertiary/aromatic N) is 3. The van der Waals surface area contributed by atoms with Gasteiger partial charge in [-0.1, -0.05) is 48.3 Å². The van der Waals surface area contributed by atoms with Crippen LogP contribution in [0.1, 0.15) is 43.0 Å². The molecule has 3 atom stereocenters. The van der Waals surface area contributed by atoms with Gasteiger partial charge in [0.15, 0.2) is 5.82 Å². The smallest absolute Gasteiger partial charge is 0.240 e. The van der Waals surface area contributed by atoms with Crippen molar-refractivity contribution in [2.75, 3.05) is 13.6 Å². The fourth-order valence-electron chi connectivity index (χ4n) is 4.31. The largest absolute Gasteiger partial charge is 0.338 e. The maximum Gasteiger partial charge on any atom is 0.240 e. The summed E-state index contributed by atoms with van der Waals surface area (Å²) >= 11 is 0. The molecule has 2 N–H and O–H groups in total. The van der Waals surface area contributed by atoms with E-state index in [4.69, 9.17) is 4.52 Å². The number of hydrazine groups is 1. The van der Waals surface area contributed by atoms with Crippen molar-refractivity contribution in [2.45, 2.75) is 57.2 Å². The summed E-state index contributed by atoms with van der Waals surface area (Å²) in [6.45, 7) is 1.70. The molecule has 1 aliphatic heterocycles. The molecule has 140 valence electrons. The van der Waals surface area contributed by atoms with Gasteiger partial charge in [-0.25, -0.2) is 0 Å². The molecule has 1 aromatic heterocycles. The van der Waals surface area contributed by atoms with E-state index in [-0.39, 0.29) is 0 Å². The van der Waals surface area contributed by atoms with Gasteiger partial charge < -0.3 is 4.52 Å². The van der Waals surface area contributed by atoms with Crippen LogP contribution in [0.2, 0.25) is 0 Å². The van der Waals surface area contributed by atoms with Crippen LogP contribution < -0.4 is 10.9 Å². The summed E-state index contributed by atoms with van der Waals surface area (Å²) in [6.07, 6.45) is 7.09. The van der Waals surface area contributed by atoms with E-state index < -0.39 is 0 Å². The van der Waals surface area contributed by atoms with Crippen LogP contribution in [0, 0.1) is 5.92 Å². The van der Waals surface area contributed by atoms with Crippen LogP contribution in [0.4, 0.5) is 0 Å². The lowest BCUT2D eigenvalue weighted by Gasteiger charge is -2.29. The molecule has 1 saturated heterocycles. The van der Waals surface area contributed by atoms with Crippen LogP contribution in [0.15, 0.2) is 34.9 Å². The maximum atomic E-state index is 5.46. The summed E-state index contributed by atoms with van der Waals surface area (Å²) in [4.78, 5) is 6.85. The Bertz CT molecular complexity index is 689. The van der Waals surface area contributed by atoms with Crippen molar-refractivity contribution in [3.8, 4) is 0 Å². The molecule has 0 amide bonds. The summed E-state index contributed by atoms with van der Waals surface area (Å²) in [5.74, 6) is 2.25. The lowest BCUT2D eigenvalue weighted by Crippen LogP contribution is -2.41. The zero-order chi connectivity index (χ0) is 17.8. The Labute approximate surface area is 155 Å². The normalized spacial score (nSPS) is 25.5. The fraction of sp³-hybridized carbons (Fsp3) is 0.600. The van der Waals surface area contributed by atoms with Crippen molar-refractivity contribution in [3.05, 3.63) is 47.6 Å². The van der Waals surface area contributed by atoms with Crippen molar-refractivity contribution in [3.63, 3.8) is 0 Å². The molecule has 0 spiro atoms. The summed E-state index contributed by atoms with van der Waals surface area (Å²) in [5.41, 5.74) is 8.29. The molecule has 1 saturated carbocycles. The van der Waals surface area contributed by atoms with Crippen molar-refractivity contribution < 1.29 is 4.52 Å². The SMILES string of the molecule is CN(Cc1nc(CCc2ccccc2)no1)CC1NNC2CCCCC21. The van der Waals surface area contributed by atoms with Gasteiger partial charge in [0.1, 0.15) is 0 Å². The molecule has 2 aromatic rings. The predicted octanol–water partition coefficient (Wildman–Crippen LogP) is 2.32. The van der Waals surface area contributed by atoms with Crippen LogP contribution in [0.25, 0.3) is 0 Å². The first-order valence-corrected chi connectivity index (χ1v) is 9.83. The topological polar surface area (TPSA) is 66.2 Å². The number of rotatable bonds is 7. The second-order valence-corrected chi connectivity index (χ2v) is 7.74. The average Bonchev–Trinajstić information content (AvgIpc) is 3.28. The first-order valence-electron chi connectivity index (χ1n) is 9.83. The van der Waals surface area contributed by atoms with E-state index in [1.54, 1.807) is 0 Å². The van der Waals surface area contributed by atoms with E-state index in [1.165, 1.54) is 31.2 Å². The number of nitrogens with one attached hydrogen (secondary N) is 2. The molecular weight excluding hydrogens is 326 g/mol. The van der Waals surface area contributed by atoms with Crippen molar-refractivity contribution in [1.29, 1.82) is 0 Å². The highest BCUT2D eigenvalue weighted by atomic mass is 16.5. The molecule has 26 heavy (non-hydrogen) atoms. The van der Waals surface area contributed by atoms with Crippen LogP contribution in [0.5, 0.6) is 0 Å². The van der Waals surface area contributed by atoms with Crippen LogP contribution in [-0.4, -0.2) is 40.7 Å². The van der Waals surface area contributed by atoms with E-state index >= 15 is 0 Å².